The summed E-state index contributed by atoms with van der Waals surface area (Å²) >= 11 is 0. The van der Waals surface area contributed by atoms with Gasteiger partial charge < -0.3 is 15.1 Å². The van der Waals surface area contributed by atoms with Crippen LogP contribution in [0.15, 0.2) is 66.9 Å². The number of likely N-dealkylation sites (tertiary alicyclic amines) is 2. The Labute approximate surface area is 197 Å². The first kappa shape index (κ1) is 22.0. The van der Waals surface area contributed by atoms with E-state index in [4.69, 9.17) is 0 Å². The summed E-state index contributed by atoms with van der Waals surface area (Å²) in [7, 11) is 0. The van der Waals surface area contributed by atoms with Gasteiger partial charge in [-0.2, -0.15) is 10.2 Å². The Kier molecular flexibility index (Phi) is 6.20. The zero-order valence-electron chi connectivity index (χ0n) is 18.7. The zero-order valence-corrected chi connectivity index (χ0v) is 18.7. The zero-order chi connectivity index (χ0) is 23.5. The van der Waals surface area contributed by atoms with Crippen molar-refractivity contribution in [1.29, 1.82) is 0 Å². The highest BCUT2D eigenvalue weighted by Gasteiger charge is 2.33. The van der Waals surface area contributed by atoms with Crippen LogP contribution in [0, 0.1) is 5.82 Å². The molecule has 0 aliphatic carbocycles. The number of hydrogen-bond donors (Lipinski definition) is 1. The van der Waals surface area contributed by atoms with Crippen molar-refractivity contribution in [3.8, 4) is 0 Å². The Bertz CT molecular complexity index is 1160. The van der Waals surface area contributed by atoms with Gasteiger partial charge in [-0.15, -0.1) is 0 Å². The Morgan fingerprint density at radius 1 is 0.882 bits per heavy atom. The molecule has 0 atom stereocenters. The highest BCUT2D eigenvalue weighted by Crippen LogP contribution is 2.30. The smallest absolute Gasteiger partial charge is 0.321 e. The van der Waals surface area contributed by atoms with Gasteiger partial charge in [0.1, 0.15) is 5.82 Å². The minimum Gasteiger partial charge on any atom is -0.339 e. The van der Waals surface area contributed by atoms with E-state index in [1.807, 2.05) is 36.4 Å². The van der Waals surface area contributed by atoms with E-state index < -0.39 is 5.82 Å². The summed E-state index contributed by atoms with van der Waals surface area (Å²) in [5.74, 6) is -0.160. The van der Waals surface area contributed by atoms with Gasteiger partial charge in [0.05, 0.1) is 11.3 Å². The molecule has 174 valence electrons. The Hall–Kier alpha value is -3.81. The molecule has 0 bridgehead atoms. The third-order valence-corrected chi connectivity index (χ3v) is 6.70. The number of benzene rings is 2. The standard InChI is InChI=1S/C26H26FN5O2/c27-23-5-2-1-4-22(23)25(33)31-14-11-19(12-15-31)18-7-9-21(10-8-18)29-26(34)32-16-20(17-32)24-6-3-13-28-30-24/h1-10,13,19-20H,11-12,14-17H2,(H,29,34). The van der Waals surface area contributed by atoms with Crippen molar-refractivity contribution in [3.63, 3.8) is 0 Å². The van der Waals surface area contributed by atoms with E-state index in [2.05, 4.69) is 15.5 Å². The highest BCUT2D eigenvalue weighted by molar-refractivity contribution is 5.94. The SMILES string of the molecule is O=C(Nc1ccc(C2CCN(C(=O)c3ccccc3F)CC2)cc1)N1CC(c2cccnn2)C1. The van der Waals surface area contributed by atoms with Gasteiger partial charge in [0, 0.05) is 44.0 Å². The lowest BCUT2D eigenvalue weighted by Crippen LogP contribution is -2.50. The number of nitrogens with zero attached hydrogens (tertiary/aromatic N) is 4. The van der Waals surface area contributed by atoms with E-state index >= 15 is 0 Å². The fourth-order valence-electron chi connectivity index (χ4n) is 4.62. The molecule has 8 heteroatoms. The molecule has 1 N–H and O–H groups in total. The summed E-state index contributed by atoms with van der Waals surface area (Å²) in [5, 5.41) is 11.0. The molecule has 2 aliphatic heterocycles. The van der Waals surface area contributed by atoms with Crippen LogP contribution in [0.2, 0.25) is 0 Å². The molecule has 3 amide bonds. The summed E-state index contributed by atoms with van der Waals surface area (Å²) < 4.78 is 14.0. The molecular weight excluding hydrogens is 433 g/mol. The normalized spacial score (nSPS) is 16.7. The van der Waals surface area contributed by atoms with Crippen LogP contribution in [0.4, 0.5) is 14.9 Å². The van der Waals surface area contributed by atoms with Crippen molar-refractivity contribution >= 4 is 17.6 Å². The minimum absolute atomic E-state index is 0.118. The first-order valence-corrected chi connectivity index (χ1v) is 11.6. The fraction of sp³-hybridized carbons (Fsp3) is 0.308. The number of carbonyl (C=O) groups excluding carboxylic acids is 2. The molecule has 0 saturated carbocycles. The molecule has 3 aromatic rings. The van der Waals surface area contributed by atoms with Crippen LogP contribution in [0.25, 0.3) is 0 Å². The fourth-order valence-corrected chi connectivity index (χ4v) is 4.62. The summed E-state index contributed by atoms with van der Waals surface area (Å²) in [6.45, 7) is 2.45. The van der Waals surface area contributed by atoms with E-state index in [1.165, 1.54) is 17.7 Å². The highest BCUT2D eigenvalue weighted by atomic mass is 19.1. The van der Waals surface area contributed by atoms with Crippen LogP contribution in [0.5, 0.6) is 0 Å². The number of carbonyl (C=O) groups is 2. The molecule has 2 fully saturated rings. The van der Waals surface area contributed by atoms with E-state index in [0.717, 1.165) is 24.2 Å². The molecule has 1 aromatic heterocycles. The van der Waals surface area contributed by atoms with E-state index in [1.54, 1.807) is 28.1 Å². The minimum atomic E-state index is -0.477. The Morgan fingerprint density at radius 2 is 1.62 bits per heavy atom. The predicted molar refractivity (Wildman–Crippen MR) is 126 cm³/mol. The summed E-state index contributed by atoms with van der Waals surface area (Å²) in [6, 6.07) is 17.7. The maximum absolute atomic E-state index is 14.0. The first-order chi connectivity index (χ1) is 16.6. The van der Waals surface area contributed by atoms with Gasteiger partial charge in [-0.1, -0.05) is 24.3 Å². The van der Waals surface area contributed by atoms with Crippen LogP contribution in [0.1, 0.15) is 46.3 Å². The topological polar surface area (TPSA) is 78.4 Å². The van der Waals surface area contributed by atoms with Crippen LogP contribution in [0.3, 0.4) is 0 Å². The monoisotopic (exact) mass is 459 g/mol. The Balaban J connectivity index is 1.11. The van der Waals surface area contributed by atoms with Crippen LogP contribution >= 0.6 is 0 Å². The van der Waals surface area contributed by atoms with Crippen molar-refractivity contribution in [2.75, 3.05) is 31.5 Å². The molecule has 2 aromatic carbocycles. The summed E-state index contributed by atoms with van der Waals surface area (Å²) in [5.41, 5.74) is 2.98. The second kappa shape index (κ2) is 9.59. The largest absolute Gasteiger partial charge is 0.339 e. The van der Waals surface area contributed by atoms with Gasteiger partial charge in [-0.05, 0) is 60.7 Å². The molecule has 5 rings (SSSR count). The lowest BCUT2D eigenvalue weighted by Gasteiger charge is -2.38. The number of aromatic nitrogens is 2. The van der Waals surface area contributed by atoms with E-state index in [-0.39, 0.29) is 23.4 Å². The van der Waals surface area contributed by atoms with Crippen molar-refractivity contribution in [1.82, 2.24) is 20.0 Å². The molecule has 2 saturated heterocycles. The molecule has 34 heavy (non-hydrogen) atoms. The third-order valence-electron chi connectivity index (χ3n) is 6.70. The van der Waals surface area contributed by atoms with E-state index in [9.17, 15) is 14.0 Å². The number of piperidine rings is 1. The average molecular weight is 460 g/mol. The molecule has 2 aliphatic rings. The van der Waals surface area contributed by atoms with Gasteiger partial charge in [0.15, 0.2) is 0 Å². The lowest BCUT2D eigenvalue weighted by molar-refractivity contribution is 0.0708. The summed E-state index contributed by atoms with van der Waals surface area (Å²) in [6.07, 6.45) is 3.29. The van der Waals surface area contributed by atoms with Crippen LogP contribution in [-0.2, 0) is 0 Å². The molecule has 0 spiro atoms. The molecule has 3 heterocycles. The maximum atomic E-state index is 14.0. The van der Waals surface area contributed by atoms with Crippen LogP contribution in [-0.4, -0.2) is 58.1 Å². The number of halogens is 1. The van der Waals surface area contributed by atoms with Gasteiger partial charge in [-0.3, -0.25) is 4.79 Å². The first-order valence-electron chi connectivity index (χ1n) is 11.6. The van der Waals surface area contributed by atoms with Crippen molar-refractivity contribution in [2.24, 2.45) is 0 Å². The average Bonchev–Trinajstić information content (AvgIpc) is 2.84. The number of nitrogens with one attached hydrogen (secondary N) is 1. The number of rotatable bonds is 4. The number of urea groups is 1. The number of hydrogen-bond acceptors (Lipinski definition) is 4. The molecule has 7 nitrogen and oxygen atoms in total. The van der Waals surface area contributed by atoms with Gasteiger partial charge in [0.2, 0.25) is 0 Å². The number of anilines is 1. The Morgan fingerprint density at radius 3 is 2.29 bits per heavy atom. The van der Waals surface area contributed by atoms with Gasteiger partial charge in [0.25, 0.3) is 5.91 Å². The van der Waals surface area contributed by atoms with Crippen molar-refractivity contribution < 1.29 is 14.0 Å². The van der Waals surface area contributed by atoms with E-state index in [0.29, 0.717) is 32.1 Å². The molecule has 0 radical (unpaired) electrons. The lowest BCUT2D eigenvalue weighted by atomic mass is 9.89. The number of amides is 3. The quantitative estimate of drug-likeness (QED) is 0.632. The van der Waals surface area contributed by atoms with Gasteiger partial charge in [-0.25, -0.2) is 9.18 Å². The van der Waals surface area contributed by atoms with Crippen molar-refractivity contribution in [2.45, 2.75) is 24.7 Å². The molecular formula is C26H26FN5O2. The second-order valence-electron chi connectivity index (χ2n) is 8.85. The third kappa shape index (κ3) is 4.62. The predicted octanol–water partition coefficient (Wildman–Crippen LogP) is 4.27. The van der Waals surface area contributed by atoms with Gasteiger partial charge >= 0.3 is 6.03 Å². The maximum Gasteiger partial charge on any atom is 0.321 e. The van der Waals surface area contributed by atoms with Crippen LogP contribution < -0.4 is 5.32 Å². The summed E-state index contributed by atoms with van der Waals surface area (Å²) in [4.78, 5) is 28.6. The second-order valence-corrected chi connectivity index (χ2v) is 8.85. The molecule has 0 unspecified atom stereocenters. The van der Waals surface area contributed by atoms with Crippen molar-refractivity contribution in [3.05, 3.63) is 89.5 Å².